The Morgan fingerprint density at radius 1 is 0.622 bits per heavy atom. The molecule has 0 saturated carbocycles. The summed E-state index contributed by atoms with van der Waals surface area (Å²) in [5.74, 6) is 0. The maximum atomic E-state index is 2.73. The summed E-state index contributed by atoms with van der Waals surface area (Å²) < 4.78 is 0. The summed E-state index contributed by atoms with van der Waals surface area (Å²) in [5.41, 5.74) is 14.6. The van der Waals surface area contributed by atoms with Crippen LogP contribution in [-0.4, -0.2) is 17.8 Å². The largest absolute Gasteiger partial charge is 0.336 e. The average molecular weight is 489 g/mol. The van der Waals surface area contributed by atoms with Crippen molar-refractivity contribution in [3.05, 3.63) is 65.2 Å². The van der Waals surface area contributed by atoms with Gasteiger partial charge in [-0.2, -0.15) is 0 Å². The molecule has 0 unspecified atom stereocenters. The van der Waals surface area contributed by atoms with Gasteiger partial charge in [0.25, 0.3) is 6.71 Å². The molecule has 3 aromatic carbocycles. The van der Waals surface area contributed by atoms with Gasteiger partial charge >= 0.3 is 0 Å². The summed E-state index contributed by atoms with van der Waals surface area (Å²) >= 11 is 0. The van der Waals surface area contributed by atoms with E-state index < -0.39 is 0 Å². The molecule has 4 heterocycles. The van der Waals surface area contributed by atoms with Crippen LogP contribution in [0.3, 0.4) is 0 Å². The number of hydrogen-bond donors (Lipinski definition) is 0. The molecule has 0 atom stereocenters. The van der Waals surface area contributed by atoms with Crippen LogP contribution in [0.4, 0.5) is 22.7 Å². The highest BCUT2D eigenvalue weighted by atomic mass is 15.3. The van der Waals surface area contributed by atoms with Crippen LogP contribution >= 0.6 is 0 Å². The molecule has 0 radical (unpaired) electrons. The van der Waals surface area contributed by atoms with Crippen molar-refractivity contribution in [1.82, 2.24) is 0 Å². The zero-order valence-electron chi connectivity index (χ0n) is 24.6. The number of benzene rings is 3. The van der Waals surface area contributed by atoms with Crippen LogP contribution in [0.2, 0.25) is 0 Å². The first kappa shape index (κ1) is 23.4. The average Bonchev–Trinajstić information content (AvgIpc) is 3.07. The number of fused-ring (bicyclic) bond motifs is 4. The van der Waals surface area contributed by atoms with Gasteiger partial charge in [-0.1, -0.05) is 84.9 Å². The van der Waals surface area contributed by atoms with Crippen molar-refractivity contribution in [3.63, 3.8) is 0 Å². The standard InChI is InChI=1S/C34H41BN2/c1-30(2,3)20-18-25-27-26(19-20)37-29-22(32(6,7)34(37,10)11)15-13-17-24(29)35(27)23-16-12-14-21-28(23)36(25)33(8,9)31(21,4)5/h12-19H,1-11H3. The number of hydrogen-bond acceptors (Lipinski definition) is 2. The van der Waals surface area contributed by atoms with E-state index in [-0.39, 0.29) is 34.0 Å². The zero-order valence-corrected chi connectivity index (χ0v) is 24.6. The quantitative estimate of drug-likeness (QED) is 0.332. The SMILES string of the molecule is CC(C)(C)c1cc2c3c(c1)N1c4c(cccc4C(C)(C)C1(C)C)B3c1cccc3c1N2C(C)(C)C3(C)C. The highest BCUT2D eigenvalue weighted by molar-refractivity contribution is 7.00. The van der Waals surface area contributed by atoms with Crippen molar-refractivity contribution in [3.8, 4) is 0 Å². The third-order valence-electron chi connectivity index (χ3n) is 11.5. The number of rotatable bonds is 0. The van der Waals surface area contributed by atoms with E-state index >= 15 is 0 Å². The van der Waals surface area contributed by atoms with Gasteiger partial charge in [0, 0.05) is 44.7 Å². The van der Waals surface area contributed by atoms with E-state index in [9.17, 15) is 0 Å². The van der Waals surface area contributed by atoms with Gasteiger partial charge < -0.3 is 9.80 Å². The summed E-state index contributed by atoms with van der Waals surface area (Å²) in [5, 5.41) is 0. The maximum absolute atomic E-state index is 2.73. The lowest BCUT2D eigenvalue weighted by Crippen LogP contribution is -2.65. The highest BCUT2D eigenvalue weighted by Crippen LogP contribution is 2.59. The van der Waals surface area contributed by atoms with Gasteiger partial charge in [0.2, 0.25) is 0 Å². The molecule has 4 aliphatic heterocycles. The lowest BCUT2D eigenvalue weighted by Gasteiger charge is -2.51. The third-order valence-corrected chi connectivity index (χ3v) is 11.5. The Labute approximate surface area is 224 Å². The van der Waals surface area contributed by atoms with Gasteiger partial charge in [0.1, 0.15) is 0 Å². The van der Waals surface area contributed by atoms with Crippen molar-refractivity contribution in [1.29, 1.82) is 0 Å². The second-order valence-corrected chi connectivity index (χ2v) is 15.1. The van der Waals surface area contributed by atoms with Crippen molar-refractivity contribution in [2.24, 2.45) is 0 Å². The molecule has 0 fully saturated rings. The Morgan fingerprint density at radius 3 is 1.41 bits per heavy atom. The summed E-state index contributed by atoms with van der Waals surface area (Å²) in [7, 11) is 0. The van der Waals surface area contributed by atoms with Crippen molar-refractivity contribution in [2.75, 3.05) is 9.80 Å². The lowest BCUT2D eigenvalue weighted by molar-refractivity contribution is 0.329. The molecule has 0 amide bonds. The minimum absolute atomic E-state index is 0.0269. The molecule has 0 N–H and O–H groups in total. The van der Waals surface area contributed by atoms with E-state index in [1.807, 2.05) is 0 Å². The molecule has 0 spiro atoms. The first-order valence-electron chi connectivity index (χ1n) is 14.1. The minimum atomic E-state index is -0.0530. The van der Waals surface area contributed by atoms with E-state index in [0.29, 0.717) is 0 Å². The number of nitrogens with zero attached hydrogens (tertiary/aromatic N) is 2. The van der Waals surface area contributed by atoms with Crippen molar-refractivity contribution in [2.45, 2.75) is 103 Å². The Hall–Kier alpha value is -2.68. The molecular formula is C34H41BN2. The maximum Gasteiger partial charge on any atom is 0.252 e. The molecule has 0 aliphatic carbocycles. The van der Waals surface area contributed by atoms with E-state index in [4.69, 9.17) is 0 Å². The molecule has 37 heavy (non-hydrogen) atoms. The predicted octanol–water partition coefficient (Wildman–Crippen LogP) is 6.54. The van der Waals surface area contributed by atoms with Crippen LogP contribution < -0.4 is 26.2 Å². The molecule has 0 saturated heterocycles. The predicted molar refractivity (Wildman–Crippen MR) is 161 cm³/mol. The number of anilines is 4. The second kappa shape index (κ2) is 6.30. The molecular weight excluding hydrogens is 447 g/mol. The molecule has 4 aliphatic rings. The Morgan fingerprint density at radius 2 is 1.03 bits per heavy atom. The van der Waals surface area contributed by atoms with Crippen LogP contribution in [0.15, 0.2) is 48.5 Å². The van der Waals surface area contributed by atoms with E-state index in [1.54, 1.807) is 0 Å². The molecule has 7 rings (SSSR count). The minimum Gasteiger partial charge on any atom is -0.336 e. The second-order valence-electron chi connectivity index (χ2n) is 15.1. The fraction of sp³-hybridized carbons (Fsp3) is 0.471. The van der Waals surface area contributed by atoms with Crippen LogP contribution in [-0.2, 0) is 16.2 Å². The van der Waals surface area contributed by atoms with Gasteiger partial charge in [0.15, 0.2) is 0 Å². The van der Waals surface area contributed by atoms with Gasteiger partial charge in [-0.15, -0.1) is 0 Å². The Kier molecular flexibility index (Phi) is 3.99. The molecule has 2 nitrogen and oxygen atoms in total. The fourth-order valence-corrected chi connectivity index (χ4v) is 7.92. The first-order chi connectivity index (χ1) is 17.0. The van der Waals surface area contributed by atoms with E-state index in [1.165, 1.54) is 55.8 Å². The fourth-order valence-electron chi connectivity index (χ4n) is 7.92. The van der Waals surface area contributed by atoms with Crippen LogP contribution in [0.5, 0.6) is 0 Å². The molecule has 0 bridgehead atoms. The normalized spacial score (nSPS) is 22.1. The topological polar surface area (TPSA) is 6.48 Å². The molecule has 3 heteroatoms. The van der Waals surface area contributed by atoms with Crippen LogP contribution in [0.25, 0.3) is 0 Å². The summed E-state index contributed by atoms with van der Waals surface area (Å²) in [6, 6.07) is 19.3. The van der Waals surface area contributed by atoms with Crippen LogP contribution in [0, 0.1) is 0 Å². The Balaban J connectivity index is 1.69. The summed E-state index contributed by atoms with van der Waals surface area (Å²) in [6.07, 6.45) is 0. The molecule has 190 valence electrons. The molecule has 0 aromatic heterocycles. The third kappa shape index (κ3) is 2.38. The summed E-state index contributed by atoms with van der Waals surface area (Å²) in [6.45, 7) is 26.9. The van der Waals surface area contributed by atoms with Crippen LogP contribution in [0.1, 0.15) is 92.9 Å². The monoisotopic (exact) mass is 488 g/mol. The molecule has 3 aromatic rings. The number of para-hydroxylation sites is 2. The highest BCUT2D eigenvalue weighted by Gasteiger charge is 2.60. The van der Waals surface area contributed by atoms with Gasteiger partial charge in [-0.3, -0.25) is 0 Å². The summed E-state index contributed by atoms with van der Waals surface area (Å²) in [4.78, 5) is 5.45. The Bertz CT molecular complexity index is 1430. The zero-order chi connectivity index (χ0) is 26.7. The first-order valence-corrected chi connectivity index (χ1v) is 14.1. The smallest absolute Gasteiger partial charge is 0.252 e. The van der Waals surface area contributed by atoms with Gasteiger partial charge in [-0.05, 0) is 78.3 Å². The van der Waals surface area contributed by atoms with Gasteiger partial charge in [-0.25, -0.2) is 0 Å². The van der Waals surface area contributed by atoms with E-state index in [2.05, 4.69) is 134 Å². The van der Waals surface area contributed by atoms with Gasteiger partial charge in [0.05, 0.1) is 0 Å². The lowest BCUT2D eigenvalue weighted by atomic mass is 9.33. The van der Waals surface area contributed by atoms with Crippen molar-refractivity contribution >= 4 is 45.9 Å². The van der Waals surface area contributed by atoms with E-state index in [0.717, 1.165) is 0 Å². The van der Waals surface area contributed by atoms with Crippen molar-refractivity contribution < 1.29 is 0 Å².